The van der Waals surface area contributed by atoms with E-state index in [1.807, 2.05) is 24.3 Å². The quantitative estimate of drug-likeness (QED) is 0.727. The first-order valence-corrected chi connectivity index (χ1v) is 8.77. The van der Waals surface area contributed by atoms with Crippen molar-refractivity contribution in [3.8, 4) is 0 Å². The number of methoxy groups -OCH3 is 1. The number of hydrogen-bond donors (Lipinski definition) is 2. The van der Waals surface area contributed by atoms with E-state index in [1.54, 1.807) is 14.0 Å². The van der Waals surface area contributed by atoms with Crippen LogP contribution in [0.1, 0.15) is 31.9 Å². The van der Waals surface area contributed by atoms with Crippen LogP contribution in [-0.2, 0) is 27.1 Å². The molecule has 0 spiro atoms. The summed E-state index contributed by atoms with van der Waals surface area (Å²) >= 11 is 0. The lowest BCUT2D eigenvalue weighted by molar-refractivity contribution is 0.180. The van der Waals surface area contributed by atoms with Crippen molar-refractivity contribution in [3.63, 3.8) is 0 Å². The van der Waals surface area contributed by atoms with Crippen molar-refractivity contribution in [2.24, 2.45) is 0 Å². The normalized spacial score (nSPS) is 13.6. The molecule has 0 heterocycles. The summed E-state index contributed by atoms with van der Waals surface area (Å²) in [7, 11) is -1.79. The van der Waals surface area contributed by atoms with Gasteiger partial charge in [0.25, 0.3) is 0 Å². The maximum Gasteiger partial charge on any atom is 0.216 e. The fraction of sp³-hybridized carbons (Fsp3) is 0.600. The van der Waals surface area contributed by atoms with E-state index in [2.05, 4.69) is 23.9 Å². The van der Waals surface area contributed by atoms with Crippen LogP contribution in [-0.4, -0.2) is 34.2 Å². The van der Waals surface area contributed by atoms with Gasteiger partial charge in [0.1, 0.15) is 0 Å². The lowest BCUT2D eigenvalue weighted by Crippen LogP contribution is -2.36. The molecule has 0 aliphatic heterocycles. The van der Waals surface area contributed by atoms with Crippen molar-refractivity contribution in [2.75, 3.05) is 13.7 Å². The molecule has 2 N–H and O–H groups in total. The van der Waals surface area contributed by atoms with Crippen molar-refractivity contribution in [2.45, 2.75) is 45.2 Å². The van der Waals surface area contributed by atoms with E-state index in [9.17, 15) is 8.42 Å². The first-order valence-electron chi connectivity index (χ1n) is 7.12. The van der Waals surface area contributed by atoms with Gasteiger partial charge in [-0.15, -0.1) is 0 Å². The van der Waals surface area contributed by atoms with Crippen LogP contribution < -0.4 is 10.0 Å². The smallest absolute Gasteiger partial charge is 0.216 e. The molecule has 0 fully saturated rings. The fourth-order valence-electron chi connectivity index (χ4n) is 1.93. The first kappa shape index (κ1) is 18.1. The monoisotopic (exact) mass is 314 g/mol. The summed E-state index contributed by atoms with van der Waals surface area (Å²) in [6.07, 6.45) is 0. The van der Waals surface area contributed by atoms with Gasteiger partial charge in [0.05, 0.1) is 12.4 Å². The molecule has 0 aliphatic rings. The molecule has 1 atom stereocenters. The highest BCUT2D eigenvalue weighted by molar-refractivity contribution is 7.88. The lowest BCUT2D eigenvalue weighted by atomic mass is 10.1. The Labute approximate surface area is 128 Å². The van der Waals surface area contributed by atoms with Crippen LogP contribution in [0, 0.1) is 0 Å². The first-order chi connectivity index (χ1) is 9.82. The number of rotatable bonds is 9. The molecular weight excluding hydrogens is 288 g/mol. The van der Waals surface area contributed by atoms with Crippen LogP contribution in [0.5, 0.6) is 0 Å². The Bertz CT molecular complexity index is 512. The minimum Gasteiger partial charge on any atom is -0.383 e. The lowest BCUT2D eigenvalue weighted by Gasteiger charge is -2.13. The Morgan fingerprint density at radius 1 is 1.10 bits per heavy atom. The van der Waals surface area contributed by atoms with Gasteiger partial charge in [-0.2, -0.15) is 0 Å². The van der Waals surface area contributed by atoms with Gasteiger partial charge in [-0.05, 0) is 18.1 Å². The second kappa shape index (κ2) is 8.48. The predicted molar refractivity (Wildman–Crippen MR) is 85.5 cm³/mol. The molecule has 1 aromatic carbocycles. The van der Waals surface area contributed by atoms with E-state index < -0.39 is 10.0 Å². The summed E-state index contributed by atoms with van der Waals surface area (Å²) < 4.78 is 31.5. The zero-order valence-corrected chi connectivity index (χ0v) is 14.0. The van der Waals surface area contributed by atoms with E-state index >= 15 is 0 Å². The topological polar surface area (TPSA) is 67.4 Å². The molecular formula is C15H26N2O3S. The standard InChI is InChI=1S/C15H26N2O3S/c1-12(2)16-9-14-5-7-15(8-6-14)11-21(18,19)17-13(3)10-20-4/h5-8,12-13,16-17H,9-11H2,1-4H3. The molecule has 0 amide bonds. The molecule has 0 saturated heterocycles. The van der Waals surface area contributed by atoms with Crippen LogP contribution in [0.3, 0.4) is 0 Å². The number of benzene rings is 1. The number of nitrogens with one attached hydrogen (secondary N) is 2. The van der Waals surface area contributed by atoms with E-state index in [1.165, 1.54) is 0 Å². The van der Waals surface area contributed by atoms with Crippen LogP contribution >= 0.6 is 0 Å². The molecule has 1 aromatic rings. The highest BCUT2D eigenvalue weighted by atomic mass is 32.2. The molecule has 0 aliphatic carbocycles. The largest absolute Gasteiger partial charge is 0.383 e. The van der Waals surface area contributed by atoms with E-state index in [0.29, 0.717) is 12.6 Å². The van der Waals surface area contributed by atoms with Crippen LogP contribution in [0.25, 0.3) is 0 Å². The number of hydrogen-bond acceptors (Lipinski definition) is 4. The van der Waals surface area contributed by atoms with E-state index in [0.717, 1.165) is 17.7 Å². The van der Waals surface area contributed by atoms with E-state index in [-0.39, 0.29) is 11.8 Å². The van der Waals surface area contributed by atoms with Crippen molar-refractivity contribution in [1.29, 1.82) is 0 Å². The Balaban J connectivity index is 2.58. The predicted octanol–water partition coefficient (Wildman–Crippen LogP) is 1.64. The highest BCUT2D eigenvalue weighted by Gasteiger charge is 2.15. The van der Waals surface area contributed by atoms with Gasteiger partial charge in [-0.25, -0.2) is 13.1 Å². The zero-order chi connectivity index (χ0) is 15.9. The van der Waals surface area contributed by atoms with Crippen molar-refractivity contribution < 1.29 is 13.2 Å². The summed E-state index contributed by atoms with van der Waals surface area (Å²) in [6.45, 7) is 7.11. The molecule has 0 radical (unpaired) electrons. The van der Waals surface area contributed by atoms with Crippen molar-refractivity contribution >= 4 is 10.0 Å². The minimum absolute atomic E-state index is 0.0149. The average Bonchev–Trinajstić information content (AvgIpc) is 2.37. The van der Waals surface area contributed by atoms with Gasteiger partial charge in [0.2, 0.25) is 10.0 Å². The summed E-state index contributed by atoms with van der Waals surface area (Å²) in [5.41, 5.74) is 1.92. The Morgan fingerprint density at radius 3 is 2.19 bits per heavy atom. The number of ether oxygens (including phenoxy) is 1. The van der Waals surface area contributed by atoms with Crippen LogP contribution in [0.2, 0.25) is 0 Å². The van der Waals surface area contributed by atoms with Crippen molar-refractivity contribution in [1.82, 2.24) is 10.0 Å². The third-order valence-electron chi connectivity index (χ3n) is 2.89. The Hall–Kier alpha value is -0.950. The highest BCUT2D eigenvalue weighted by Crippen LogP contribution is 2.08. The van der Waals surface area contributed by atoms with Gasteiger partial charge >= 0.3 is 0 Å². The fourth-order valence-corrected chi connectivity index (χ4v) is 3.32. The Morgan fingerprint density at radius 2 is 1.67 bits per heavy atom. The molecule has 21 heavy (non-hydrogen) atoms. The molecule has 1 rings (SSSR count). The Kier molecular flexibility index (Phi) is 7.31. The molecule has 0 aromatic heterocycles. The van der Waals surface area contributed by atoms with Crippen LogP contribution in [0.15, 0.2) is 24.3 Å². The van der Waals surface area contributed by atoms with Gasteiger partial charge < -0.3 is 10.1 Å². The number of sulfonamides is 1. The second-order valence-electron chi connectivity index (χ2n) is 5.59. The van der Waals surface area contributed by atoms with Gasteiger partial charge in [0, 0.05) is 25.7 Å². The summed E-state index contributed by atoms with van der Waals surface area (Å²) in [6, 6.07) is 7.83. The van der Waals surface area contributed by atoms with Crippen molar-refractivity contribution in [3.05, 3.63) is 35.4 Å². The molecule has 0 bridgehead atoms. The maximum atomic E-state index is 12.0. The molecule has 5 nitrogen and oxygen atoms in total. The molecule has 1 unspecified atom stereocenters. The third kappa shape index (κ3) is 7.57. The third-order valence-corrected chi connectivity index (χ3v) is 4.37. The van der Waals surface area contributed by atoms with Gasteiger partial charge in [-0.1, -0.05) is 38.1 Å². The van der Waals surface area contributed by atoms with E-state index in [4.69, 9.17) is 4.74 Å². The second-order valence-corrected chi connectivity index (χ2v) is 7.34. The molecule has 120 valence electrons. The van der Waals surface area contributed by atoms with Gasteiger partial charge in [-0.3, -0.25) is 0 Å². The van der Waals surface area contributed by atoms with Gasteiger partial charge in [0.15, 0.2) is 0 Å². The SMILES string of the molecule is COCC(C)NS(=O)(=O)Cc1ccc(CNC(C)C)cc1. The zero-order valence-electron chi connectivity index (χ0n) is 13.2. The summed E-state index contributed by atoms with van der Waals surface area (Å²) in [5, 5.41) is 3.33. The average molecular weight is 314 g/mol. The molecule has 6 heteroatoms. The maximum absolute atomic E-state index is 12.0. The minimum atomic E-state index is -3.34. The molecule has 0 saturated carbocycles. The van der Waals surface area contributed by atoms with Crippen LogP contribution in [0.4, 0.5) is 0 Å². The summed E-state index contributed by atoms with van der Waals surface area (Å²) in [4.78, 5) is 0. The summed E-state index contributed by atoms with van der Waals surface area (Å²) in [5.74, 6) is -0.0149.